The first-order valence-electron chi connectivity index (χ1n) is 5.95. The van der Waals surface area contributed by atoms with Crippen molar-refractivity contribution in [1.82, 2.24) is 9.71 Å². The third-order valence-corrected chi connectivity index (χ3v) is 5.49. The van der Waals surface area contributed by atoms with Crippen molar-refractivity contribution in [3.63, 3.8) is 0 Å². The highest BCUT2D eigenvalue weighted by atomic mass is 32.2. The molecule has 0 aliphatic rings. The second kappa shape index (κ2) is 5.81. The molecule has 0 atom stereocenters. The summed E-state index contributed by atoms with van der Waals surface area (Å²) in [5, 5.41) is 0. The molecule has 0 unspecified atom stereocenters. The van der Waals surface area contributed by atoms with Crippen molar-refractivity contribution < 1.29 is 8.42 Å². The predicted molar refractivity (Wildman–Crippen MR) is 76.9 cm³/mol. The quantitative estimate of drug-likeness (QED) is 0.921. The van der Waals surface area contributed by atoms with Crippen LogP contribution < -0.4 is 4.72 Å². The third-order valence-electron chi connectivity index (χ3n) is 2.87. The Balaban J connectivity index is 2.03. The highest BCUT2D eigenvalue weighted by Crippen LogP contribution is 2.15. The molecule has 0 radical (unpaired) electrons. The topological polar surface area (TPSA) is 59.1 Å². The molecule has 4 nitrogen and oxygen atoms in total. The number of rotatable bonds is 5. The van der Waals surface area contributed by atoms with Gasteiger partial charge in [0.25, 0.3) is 0 Å². The lowest BCUT2D eigenvalue weighted by Gasteiger charge is -2.08. The molecule has 1 aromatic heterocycles. The fourth-order valence-electron chi connectivity index (χ4n) is 1.80. The lowest BCUT2D eigenvalue weighted by Crippen LogP contribution is -2.26. The summed E-state index contributed by atoms with van der Waals surface area (Å²) in [6.45, 7) is 4.11. The first-order valence-corrected chi connectivity index (χ1v) is 8.31. The Morgan fingerprint density at radius 1 is 1.26 bits per heavy atom. The van der Waals surface area contributed by atoms with Crippen LogP contribution in [0.5, 0.6) is 0 Å². The minimum Gasteiger partial charge on any atom is -0.250 e. The number of hydrogen-bond donors (Lipinski definition) is 1. The fraction of sp³-hybridized carbons (Fsp3) is 0.308. The average Bonchev–Trinajstić information content (AvgIpc) is 2.75. The Labute approximate surface area is 117 Å². The zero-order valence-electron chi connectivity index (χ0n) is 10.9. The van der Waals surface area contributed by atoms with Crippen LogP contribution in [0.2, 0.25) is 0 Å². The molecule has 0 bridgehead atoms. The van der Waals surface area contributed by atoms with Crippen LogP contribution in [0.1, 0.15) is 16.1 Å². The van der Waals surface area contributed by atoms with E-state index in [1.165, 1.54) is 0 Å². The summed E-state index contributed by atoms with van der Waals surface area (Å²) < 4.78 is 26.9. The smallest absolute Gasteiger partial charge is 0.240 e. The molecule has 0 aliphatic carbocycles. The van der Waals surface area contributed by atoms with Crippen LogP contribution in [0, 0.1) is 13.8 Å². The number of hydrogen-bond acceptors (Lipinski definition) is 4. The lowest BCUT2D eigenvalue weighted by atomic mass is 10.2. The summed E-state index contributed by atoms with van der Waals surface area (Å²) in [7, 11) is -3.42. The molecule has 1 heterocycles. The van der Waals surface area contributed by atoms with Crippen molar-refractivity contribution in [3.05, 3.63) is 45.9 Å². The van der Waals surface area contributed by atoms with E-state index in [0.717, 1.165) is 16.1 Å². The van der Waals surface area contributed by atoms with Gasteiger partial charge in [-0.25, -0.2) is 18.1 Å². The highest BCUT2D eigenvalue weighted by molar-refractivity contribution is 7.89. The standard InChI is InChI=1S/C13H16N2O2S2/c1-10-5-3-4-6-13(10)19(16,17)15-8-7-12-11(2)14-9-18-12/h3-6,9,15H,7-8H2,1-2H3. The summed E-state index contributed by atoms with van der Waals surface area (Å²) in [6.07, 6.45) is 0.668. The Morgan fingerprint density at radius 2 is 2.00 bits per heavy atom. The summed E-state index contributed by atoms with van der Waals surface area (Å²) in [5.41, 5.74) is 3.50. The first kappa shape index (κ1) is 14.2. The van der Waals surface area contributed by atoms with Gasteiger partial charge in [0.1, 0.15) is 0 Å². The van der Waals surface area contributed by atoms with E-state index in [2.05, 4.69) is 9.71 Å². The molecule has 0 fully saturated rings. The molecule has 0 amide bonds. The summed E-state index contributed by atoms with van der Waals surface area (Å²) in [5.74, 6) is 0. The Hall–Kier alpha value is -1.24. The Morgan fingerprint density at radius 3 is 2.63 bits per heavy atom. The number of nitrogens with zero attached hydrogens (tertiary/aromatic N) is 1. The van der Waals surface area contributed by atoms with Gasteiger partial charge in [0.15, 0.2) is 0 Å². The molecule has 2 rings (SSSR count). The maximum absolute atomic E-state index is 12.1. The molecule has 0 saturated carbocycles. The van der Waals surface area contributed by atoms with Gasteiger partial charge in [-0.15, -0.1) is 11.3 Å². The van der Waals surface area contributed by atoms with E-state index >= 15 is 0 Å². The van der Waals surface area contributed by atoms with E-state index in [9.17, 15) is 8.42 Å². The highest BCUT2D eigenvalue weighted by Gasteiger charge is 2.15. The maximum Gasteiger partial charge on any atom is 0.240 e. The van der Waals surface area contributed by atoms with Gasteiger partial charge in [0.05, 0.1) is 16.1 Å². The number of aryl methyl sites for hydroxylation is 2. The zero-order valence-corrected chi connectivity index (χ0v) is 12.5. The van der Waals surface area contributed by atoms with Crippen LogP contribution in [0.15, 0.2) is 34.7 Å². The molecule has 0 spiro atoms. The van der Waals surface area contributed by atoms with Gasteiger partial charge in [-0.2, -0.15) is 0 Å². The monoisotopic (exact) mass is 296 g/mol. The van der Waals surface area contributed by atoms with Crippen LogP contribution in [-0.4, -0.2) is 19.9 Å². The third kappa shape index (κ3) is 3.40. The van der Waals surface area contributed by atoms with E-state index in [1.54, 1.807) is 42.0 Å². The van der Waals surface area contributed by atoms with Crippen LogP contribution in [0.3, 0.4) is 0 Å². The minimum atomic E-state index is -3.42. The molecule has 1 aromatic carbocycles. The molecule has 0 saturated heterocycles. The van der Waals surface area contributed by atoms with E-state index in [4.69, 9.17) is 0 Å². The van der Waals surface area contributed by atoms with Gasteiger partial charge >= 0.3 is 0 Å². The van der Waals surface area contributed by atoms with Crippen molar-refractivity contribution >= 4 is 21.4 Å². The largest absolute Gasteiger partial charge is 0.250 e. The van der Waals surface area contributed by atoms with Gasteiger partial charge in [-0.1, -0.05) is 18.2 Å². The molecule has 1 N–H and O–H groups in total. The van der Waals surface area contributed by atoms with E-state index in [1.807, 2.05) is 13.0 Å². The average molecular weight is 296 g/mol. The Kier molecular flexibility index (Phi) is 4.34. The number of benzene rings is 1. The number of nitrogens with one attached hydrogen (secondary N) is 1. The van der Waals surface area contributed by atoms with Crippen LogP contribution in [0.25, 0.3) is 0 Å². The number of sulfonamides is 1. The van der Waals surface area contributed by atoms with E-state index < -0.39 is 10.0 Å². The van der Waals surface area contributed by atoms with Crippen LogP contribution >= 0.6 is 11.3 Å². The lowest BCUT2D eigenvalue weighted by molar-refractivity contribution is 0.581. The fourth-order valence-corrected chi connectivity index (χ4v) is 3.86. The normalized spacial score (nSPS) is 11.7. The van der Waals surface area contributed by atoms with Crippen molar-refractivity contribution in [3.8, 4) is 0 Å². The van der Waals surface area contributed by atoms with Crippen LogP contribution in [0.4, 0.5) is 0 Å². The zero-order chi connectivity index (χ0) is 13.9. The summed E-state index contributed by atoms with van der Waals surface area (Å²) in [6, 6.07) is 6.97. The molecule has 102 valence electrons. The van der Waals surface area contributed by atoms with Gasteiger partial charge in [0.2, 0.25) is 10.0 Å². The molecular weight excluding hydrogens is 280 g/mol. The van der Waals surface area contributed by atoms with E-state index in [0.29, 0.717) is 17.9 Å². The van der Waals surface area contributed by atoms with Crippen molar-refractivity contribution in [2.45, 2.75) is 25.2 Å². The van der Waals surface area contributed by atoms with Crippen molar-refractivity contribution in [2.75, 3.05) is 6.54 Å². The molecule has 0 aliphatic heterocycles. The minimum absolute atomic E-state index is 0.344. The molecule has 19 heavy (non-hydrogen) atoms. The number of thiazole rings is 1. The van der Waals surface area contributed by atoms with Gasteiger partial charge in [-0.05, 0) is 31.9 Å². The van der Waals surface area contributed by atoms with Gasteiger partial charge < -0.3 is 0 Å². The summed E-state index contributed by atoms with van der Waals surface area (Å²) in [4.78, 5) is 5.61. The molecule has 6 heteroatoms. The van der Waals surface area contributed by atoms with E-state index in [-0.39, 0.29) is 0 Å². The van der Waals surface area contributed by atoms with Gasteiger partial charge in [0, 0.05) is 11.4 Å². The van der Waals surface area contributed by atoms with Crippen molar-refractivity contribution in [2.24, 2.45) is 0 Å². The van der Waals surface area contributed by atoms with Gasteiger partial charge in [-0.3, -0.25) is 0 Å². The second-order valence-corrected chi connectivity index (χ2v) is 6.95. The molecule has 2 aromatic rings. The van der Waals surface area contributed by atoms with Crippen LogP contribution in [-0.2, 0) is 16.4 Å². The summed E-state index contributed by atoms with van der Waals surface area (Å²) >= 11 is 1.55. The predicted octanol–water partition coefficient (Wildman–Crippen LogP) is 2.28. The number of aromatic nitrogens is 1. The molecular formula is C13H16N2O2S2. The maximum atomic E-state index is 12.1. The Bertz CT molecular complexity index is 663. The first-order chi connectivity index (χ1) is 9.00. The SMILES string of the molecule is Cc1ccccc1S(=O)(=O)NCCc1scnc1C. The second-order valence-electron chi connectivity index (χ2n) is 4.27. The van der Waals surface area contributed by atoms with Crippen molar-refractivity contribution in [1.29, 1.82) is 0 Å².